The lowest BCUT2D eigenvalue weighted by molar-refractivity contribution is -0.126. The molecule has 142 valence electrons. The molecule has 0 bridgehead atoms. The highest BCUT2D eigenvalue weighted by molar-refractivity contribution is 5.88. The van der Waals surface area contributed by atoms with E-state index in [0.29, 0.717) is 0 Å². The summed E-state index contributed by atoms with van der Waals surface area (Å²) in [6.45, 7) is 1.70. The number of rotatable bonds is 8. The zero-order valence-electron chi connectivity index (χ0n) is 15.1. The molecule has 27 heavy (non-hydrogen) atoms. The highest BCUT2D eigenvalue weighted by atomic mass is 16.5. The van der Waals surface area contributed by atoms with Gasteiger partial charge in [0.05, 0.1) is 0 Å². The predicted octanol–water partition coefficient (Wildman–Crippen LogP) is 1.43. The van der Waals surface area contributed by atoms with E-state index >= 15 is 0 Å². The van der Waals surface area contributed by atoms with E-state index in [2.05, 4.69) is 10.6 Å². The minimum atomic E-state index is -0.860. The lowest BCUT2D eigenvalue weighted by atomic mass is 10.0. The molecule has 0 unspecified atom stereocenters. The van der Waals surface area contributed by atoms with Crippen LogP contribution in [0.15, 0.2) is 54.6 Å². The molecule has 2 rings (SSSR count). The molecular weight excluding hydrogens is 346 g/mol. The first-order valence-corrected chi connectivity index (χ1v) is 8.53. The largest absolute Gasteiger partial charge is 0.445 e. The summed E-state index contributed by atoms with van der Waals surface area (Å²) in [4.78, 5) is 35.3. The van der Waals surface area contributed by atoms with Crippen LogP contribution >= 0.6 is 0 Å². The van der Waals surface area contributed by atoms with Gasteiger partial charge in [-0.15, -0.1) is 0 Å². The monoisotopic (exact) mass is 369 g/mol. The molecule has 0 radical (unpaired) electrons. The Bertz CT molecular complexity index is 793. The Kier molecular flexibility index (Phi) is 7.37. The van der Waals surface area contributed by atoms with Gasteiger partial charge in [-0.05, 0) is 23.6 Å². The molecule has 3 amide bonds. The Morgan fingerprint density at radius 2 is 1.70 bits per heavy atom. The second-order valence-corrected chi connectivity index (χ2v) is 6.07. The van der Waals surface area contributed by atoms with Crippen LogP contribution in [0.3, 0.4) is 0 Å². The highest BCUT2D eigenvalue weighted by Gasteiger charge is 2.19. The van der Waals surface area contributed by atoms with Crippen LogP contribution in [0.25, 0.3) is 0 Å². The van der Waals surface area contributed by atoms with Crippen molar-refractivity contribution < 1.29 is 19.1 Å². The molecule has 0 spiro atoms. The van der Waals surface area contributed by atoms with Crippen LogP contribution in [-0.2, 0) is 27.4 Å². The Hall–Kier alpha value is -3.35. The SMILES string of the molecule is Cc1ccccc1C[C@H](NC(=O)CNC(=O)OCc1ccccc1)C(N)=O. The summed E-state index contributed by atoms with van der Waals surface area (Å²) in [5, 5.41) is 4.88. The van der Waals surface area contributed by atoms with E-state index in [4.69, 9.17) is 10.5 Å². The molecule has 0 aliphatic heterocycles. The fourth-order valence-corrected chi connectivity index (χ4v) is 2.45. The van der Waals surface area contributed by atoms with Gasteiger partial charge in [-0.1, -0.05) is 54.6 Å². The van der Waals surface area contributed by atoms with Gasteiger partial charge in [0.25, 0.3) is 0 Å². The summed E-state index contributed by atoms with van der Waals surface area (Å²) >= 11 is 0. The second kappa shape index (κ2) is 9.96. The number of hydrogen-bond donors (Lipinski definition) is 3. The first kappa shape index (κ1) is 20.0. The van der Waals surface area contributed by atoms with Crippen LogP contribution < -0.4 is 16.4 Å². The van der Waals surface area contributed by atoms with Crippen molar-refractivity contribution in [3.8, 4) is 0 Å². The third-order valence-electron chi connectivity index (χ3n) is 3.97. The third kappa shape index (κ3) is 6.81. The summed E-state index contributed by atoms with van der Waals surface area (Å²) in [6.07, 6.45) is -0.435. The number of primary amides is 1. The molecule has 0 aromatic heterocycles. The number of nitrogens with one attached hydrogen (secondary N) is 2. The lowest BCUT2D eigenvalue weighted by Gasteiger charge is -2.17. The fraction of sp³-hybridized carbons (Fsp3) is 0.250. The zero-order valence-corrected chi connectivity index (χ0v) is 15.1. The van der Waals surface area contributed by atoms with Gasteiger partial charge in [-0.25, -0.2) is 4.79 Å². The summed E-state index contributed by atoms with van der Waals surface area (Å²) < 4.78 is 5.02. The number of benzene rings is 2. The van der Waals surface area contributed by atoms with Gasteiger partial charge in [0.15, 0.2) is 0 Å². The average Bonchev–Trinajstić information content (AvgIpc) is 2.66. The minimum Gasteiger partial charge on any atom is -0.445 e. The summed E-state index contributed by atoms with van der Waals surface area (Å²) in [5.74, 6) is -1.16. The molecule has 7 heteroatoms. The molecule has 2 aromatic rings. The molecule has 0 fully saturated rings. The fourth-order valence-electron chi connectivity index (χ4n) is 2.45. The van der Waals surface area contributed by atoms with Crippen LogP contribution in [0, 0.1) is 6.92 Å². The number of hydrogen-bond acceptors (Lipinski definition) is 4. The number of nitrogens with two attached hydrogens (primary N) is 1. The van der Waals surface area contributed by atoms with Gasteiger partial charge in [-0.3, -0.25) is 9.59 Å². The Morgan fingerprint density at radius 1 is 1.04 bits per heavy atom. The molecule has 0 saturated carbocycles. The van der Waals surface area contributed by atoms with Crippen molar-refractivity contribution in [3.63, 3.8) is 0 Å². The van der Waals surface area contributed by atoms with Gasteiger partial charge in [0.2, 0.25) is 11.8 Å². The van der Waals surface area contributed by atoms with Crippen molar-refractivity contribution in [2.45, 2.75) is 26.0 Å². The third-order valence-corrected chi connectivity index (χ3v) is 3.97. The van der Waals surface area contributed by atoms with Crippen molar-refractivity contribution >= 4 is 17.9 Å². The van der Waals surface area contributed by atoms with E-state index in [0.717, 1.165) is 16.7 Å². The molecule has 1 atom stereocenters. The van der Waals surface area contributed by atoms with Crippen LogP contribution in [0.1, 0.15) is 16.7 Å². The van der Waals surface area contributed by atoms with E-state index in [1.54, 1.807) is 0 Å². The van der Waals surface area contributed by atoms with Crippen molar-refractivity contribution in [2.24, 2.45) is 5.73 Å². The van der Waals surface area contributed by atoms with Crippen LogP contribution in [-0.4, -0.2) is 30.5 Å². The van der Waals surface area contributed by atoms with E-state index in [1.165, 1.54) is 0 Å². The summed E-state index contributed by atoms with van der Waals surface area (Å²) in [7, 11) is 0. The van der Waals surface area contributed by atoms with Crippen LogP contribution in [0.5, 0.6) is 0 Å². The van der Waals surface area contributed by atoms with Crippen LogP contribution in [0.4, 0.5) is 4.79 Å². The number of alkyl carbamates (subject to hydrolysis) is 1. The number of carbonyl (C=O) groups excluding carboxylic acids is 3. The molecule has 0 aliphatic carbocycles. The second-order valence-electron chi connectivity index (χ2n) is 6.07. The molecule has 0 saturated heterocycles. The van der Waals surface area contributed by atoms with Gasteiger partial charge in [0, 0.05) is 6.42 Å². The first-order valence-electron chi connectivity index (χ1n) is 8.53. The standard InChI is InChI=1S/C20H23N3O4/c1-14-7-5-6-10-16(14)11-17(19(21)25)23-18(24)12-22-20(26)27-13-15-8-3-2-4-9-15/h2-10,17H,11-13H2,1H3,(H2,21,25)(H,22,26)(H,23,24)/t17-/m0/s1. The molecule has 4 N–H and O–H groups in total. The van der Waals surface area contributed by atoms with Crippen molar-refractivity contribution in [1.82, 2.24) is 10.6 Å². The smallest absolute Gasteiger partial charge is 0.407 e. The highest BCUT2D eigenvalue weighted by Crippen LogP contribution is 2.09. The van der Waals surface area contributed by atoms with Crippen molar-refractivity contribution in [2.75, 3.05) is 6.54 Å². The maximum atomic E-state index is 12.0. The Labute approximate surface area is 157 Å². The van der Waals surface area contributed by atoms with Crippen LogP contribution in [0.2, 0.25) is 0 Å². The van der Waals surface area contributed by atoms with E-state index in [9.17, 15) is 14.4 Å². The van der Waals surface area contributed by atoms with Gasteiger partial charge >= 0.3 is 6.09 Å². The van der Waals surface area contributed by atoms with Gasteiger partial charge < -0.3 is 21.1 Å². The number of aryl methyl sites for hydroxylation is 1. The van der Waals surface area contributed by atoms with Crippen molar-refractivity contribution in [1.29, 1.82) is 0 Å². The predicted molar refractivity (Wildman–Crippen MR) is 101 cm³/mol. The summed E-state index contributed by atoms with van der Waals surface area (Å²) in [6, 6.07) is 15.8. The molecule has 7 nitrogen and oxygen atoms in total. The van der Waals surface area contributed by atoms with Gasteiger partial charge in [-0.2, -0.15) is 0 Å². The normalized spacial score (nSPS) is 11.3. The first-order chi connectivity index (χ1) is 13.0. The van der Waals surface area contributed by atoms with Gasteiger partial charge in [0.1, 0.15) is 19.2 Å². The number of carbonyl (C=O) groups is 3. The van der Waals surface area contributed by atoms with E-state index in [1.807, 2.05) is 61.5 Å². The van der Waals surface area contributed by atoms with Crippen molar-refractivity contribution in [3.05, 3.63) is 71.3 Å². The molecule has 0 aliphatic rings. The van der Waals surface area contributed by atoms with E-state index < -0.39 is 23.9 Å². The Balaban J connectivity index is 1.79. The lowest BCUT2D eigenvalue weighted by Crippen LogP contribution is -2.49. The maximum Gasteiger partial charge on any atom is 0.407 e. The summed E-state index contributed by atoms with van der Waals surface area (Å²) in [5.41, 5.74) is 8.14. The quantitative estimate of drug-likeness (QED) is 0.654. The molecule has 2 aromatic carbocycles. The number of amides is 3. The number of ether oxygens (including phenoxy) is 1. The molecule has 0 heterocycles. The zero-order chi connectivity index (χ0) is 19.6. The topological polar surface area (TPSA) is 111 Å². The Morgan fingerprint density at radius 3 is 2.37 bits per heavy atom. The minimum absolute atomic E-state index is 0.103. The van der Waals surface area contributed by atoms with E-state index in [-0.39, 0.29) is 19.6 Å². The average molecular weight is 369 g/mol. The molecular formula is C20H23N3O4. The maximum absolute atomic E-state index is 12.0.